The first-order valence-electron chi connectivity index (χ1n) is 10.7. The zero-order valence-corrected chi connectivity index (χ0v) is 18.4. The van der Waals surface area contributed by atoms with Gasteiger partial charge in [0, 0.05) is 6.04 Å². The smallest absolute Gasteiger partial charge is 0.291 e. The molecule has 32 heavy (non-hydrogen) atoms. The van der Waals surface area contributed by atoms with Gasteiger partial charge in [-0.05, 0) is 42.7 Å². The molecule has 0 spiro atoms. The standard InChI is InChI=1S/C24H23NO6S/c1-2-12-30-17-9-7-15(8-10-17)21-20-22(26)18-5-3-4-6-19(18)31-23(20)24(27)25(21)16-11-13-32(28,29)14-16/h3-10,16,21H,2,11-14H2,1H3/t16-,21+/m1/s1. The molecule has 1 saturated heterocycles. The van der Waals surface area contributed by atoms with E-state index in [1.54, 1.807) is 36.4 Å². The minimum atomic E-state index is -3.24. The van der Waals surface area contributed by atoms with Crippen molar-refractivity contribution in [2.24, 2.45) is 0 Å². The fourth-order valence-corrected chi connectivity index (χ4v) is 6.31. The van der Waals surface area contributed by atoms with Crippen molar-refractivity contribution in [3.05, 3.63) is 75.6 Å². The summed E-state index contributed by atoms with van der Waals surface area (Å²) in [5.74, 6) is 0.156. The Labute approximate surface area is 185 Å². The highest BCUT2D eigenvalue weighted by Gasteiger charge is 2.48. The first-order valence-corrected chi connectivity index (χ1v) is 12.5. The van der Waals surface area contributed by atoms with Gasteiger partial charge in [-0.2, -0.15) is 0 Å². The number of fused-ring (bicyclic) bond motifs is 2. The third-order valence-corrected chi connectivity index (χ3v) is 7.83. The van der Waals surface area contributed by atoms with Gasteiger partial charge in [0.2, 0.25) is 5.76 Å². The molecule has 3 aromatic rings. The lowest BCUT2D eigenvalue weighted by Crippen LogP contribution is -2.40. The summed E-state index contributed by atoms with van der Waals surface area (Å²) in [6, 6.07) is 12.8. The Kier molecular flexibility index (Phi) is 5.04. The number of para-hydroxylation sites is 1. The van der Waals surface area contributed by atoms with E-state index in [1.165, 1.54) is 4.90 Å². The largest absolute Gasteiger partial charge is 0.494 e. The van der Waals surface area contributed by atoms with Crippen LogP contribution in [0.4, 0.5) is 0 Å². The summed E-state index contributed by atoms with van der Waals surface area (Å²) in [7, 11) is -3.24. The molecule has 1 amide bonds. The van der Waals surface area contributed by atoms with Crippen molar-refractivity contribution in [1.82, 2.24) is 4.90 Å². The molecule has 1 fully saturated rings. The predicted molar refractivity (Wildman–Crippen MR) is 120 cm³/mol. The second-order valence-corrected chi connectivity index (χ2v) is 10.5. The molecule has 1 aromatic heterocycles. The van der Waals surface area contributed by atoms with Gasteiger partial charge in [0.05, 0.1) is 35.1 Å². The molecule has 0 aliphatic carbocycles. The fourth-order valence-electron chi connectivity index (χ4n) is 4.60. The zero-order valence-electron chi connectivity index (χ0n) is 17.6. The molecule has 0 bridgehead atoms. The number of nitrogens with zero attached hydrogens (tertiary/aromatic N) is 1. The number of hydrogen-bond donors (Lipinski definition) is 0. The Morgan fingerprint density at radius 1 is 1.09 bits per heavy atom. The molecular weight excluding hydrogens is 430 g/mol. The molecule has 7 nitrogen and oxygen atoms in total. The van der Waals surface area contributed by atoms with E-state index in [0.717, 1.165) is 6.42 Å². The van der Waals surface area contributed by atoms with E-state index in [0.29, 0.717) is 35.3 Å². The molecule has 0 radical (unpaired) electrons. The molecule has 8 heteroatoms. The average Bonchev–Trinajstić information content (AvgIpc) is 3.29. The summed E-state index contributed by atoms with van der Waals surface area (Å²) >= 11 is 0. The Balaban J connectivity index is 1.66. The highest BCUT2D eigenvalue weighted by atomic mass is 32.2. The molecule has 0 unspecified atom stereocenters. The topological polar surface area (TPSA) is 93.9 Å². The number of ether oxygens (including phenoxy) is 1. The molecular formula is C24H23NO6S. The SMILES string of the molecule is CCCOc1ccc([C@H]2c3c(oc4ccccc4c3=O)C(=O)N2[C@@H]2CCS(=O)(=O)C2)cc1. The maximum atomic E-state index is 13.5. The number of carbonyl (C=O) groups is 1. The second kappa shape index (κ2) is 7.78. The summed E-state index contributed by atoms with van der Waals surface area (Å²) in [6.07, 6.45) is 1.22. The lowest BCUT2D eigenvalue weighted by atomic mass is 9.97. The van der Waals surface area contributed by atoms with Gasteiger partial charge in [0.25, 0.3) is 5.91 Å². The first-order chi connectivity index (χ1) is 15.4. The van der Waals surface area contributed by atoms with Crippen molar-refractivity contribution in [2.45, 2.75) is 31.8 Å². The molecule has 2 aliphatic heterocycles. The minimum absolute atomic E-state index is 0.00527. The van der Waals surface area contributed by atoms with E-state index in [4.69, 9.17) is 9.15 Å². The number of rotatable bonds is 5. The van der Waals surface area contributed by atoms with E-state index in [-0.39, 0.29) is 28.3 Å². The van der Waals surface area contributed by atoms with Gasteiger partial charge in [-0.3, -0.25) is 9.59 Å². The Morgan fingerprint density at radius 3 is 2.53 bits per heavy atom. The minimum Gasteiger partial charge on any atom is -0.494 e. The molecule has 2 atom stereocenters. The number of amides is 1. The summed E-state index contributed by atoms with van der Waals surface area (Å²) < 4.78 is 35.9. The van der Waals surface area contributed by atoms with Crippen molar-refractivity contribution >= 4 is 26.7 Å². The van der Waals surface area contributed by atoms with Crippen LogP contribution in [0.2, 0.25) is 0 Å². The maximum absolute atomic E-state index is 13.5. The van der Waals surface area contributed by atoms with Crippen LogP contribution in [-0.2, 0) is 9.84 Å². The molecule has 2 aliphatic rings. The zero-order chi connectivity index (χ0) is 22.5. The molecule has 0 saturated carbocycles. The van der Waals surface area contributed by atoms with Crippen LogP contribution in [-0.4, -0.2) is 43.4 Å². The van der Waals surface area contributed by atoms with Crippen LogP contribution in [0.5, 0.6) is 5.75 Å². The number of sulfone groups is 1. The highest BCUT2D eigenvalue weighted by Crippen LogP contribution is 2.41. The molecule has 166 valence electrons. The fraction of sp³-hybridized carbons (Fsp3) is 0.333. The summed E-state index contributed by atoms with van der Waals surface area (Å²) in [5.41, 5.74) is 1.05. The van der Waals surface area contributed by atoms with Crippen molar-refractivity contribution in [3.63, 3.8) is 0 Å². The first kappa shape index (κ1) is 20.8. The van der Waals surface area contributed by atoms with E-state index in [9.17, 15) is 18.0 Å². The predicted octanol–water partition coefficient (Wildman–Crippen LogP) is 3.31. The van der Waals surface area contributed by atoms with E-state index >= 15 is 0 Å². The Hall–Kier alpha value is -3.13. The second-order valence-electron chi connectivity index (χ2n) is 8.26. The summed E-state index contributed by atoms with van der Waals surface area (Å²) in [6.45, 7) is 2.61. The average molecular weight is 454 g/mol. The van der Waals surface area contributed by atoms with Crippen molar-refractivity contribution < 1.29 is 22.4 Å². The number of hydrogen-bond acceptors (Lipinski definition) is 6. The lowest BCUT2D eigenvalue weighted by Gasteiger charge is -2.30. The van der Waals surface area contributed by atoms with E-state index in [2.05, 4.69) is 0 Å². The van der Waals surface area contributed by atoms with Gasteiger partial charge in [-0.15, -0.1) is 0 Å². The van der Waals surface area contributed by atoms with E-state index in [1.807, 2.05) is 19.1 Å². The Morgan fingerprint density at radius 2 is 1.84 bits per heavy atom. The van der Waals surface area contributed by atoms with Crippen LogP contribution in [0.25, 0.3) is 11.0 Å². The normalized spacial score (nSPS) is 21.8. The van der Waals surface area contributed by atoms with Crippen LogP contribution in [0.3, 0.4) is 0 Å². The van der Waals surface area contributed by atoms with Crippen LogP contribution < -0.4 is 10.2 Å². The van der Waals surface area contributed by atoms with Crippen molar-refractivity contribution in [1.29, 1.82) is 0 Å². The number of carbonyl (C=O) groups excluding carboxylic acids is 1. The van der Waals surface area contributed by atoms with Gasteiger partial charge < -0.3 is 14.1 Å². The molecule has 0 N–H and O–H groups in total. The lowest BCUT2D eigenvalue weighted by molar-refractivity contribution is 0.0662. The van der Waals surface area contributed by atoms with E-state index < -0.39 is 27.8 Å². The number of benzene rings is 2. The summed E-state index contributed by atoms with van der Waals surface area (Å²) in [4.78, 5) is 28.4. The van der Waals surface area contributed by atoms with Crippen molar-refractivity contribution in [3.8, 4) is 5.75 Å². The van der Waals surface area contributed by atoms with Crippen LogP contribution >= 0.6 is 0 Å². The monoisotopic (exact) mass is 453 g/mol. The third kappa shape index (κ3) is 3.39. The summed E-state index contributed by atoms with van der Waals surface area (Å²) in [5, 5.41) is 0.396. The van der Waals surface area contributed by atoms with Gasteiger partial charge >= 0.3 is 0 Å². The highest BCUT2D eigenvalue weighted by molar-refractivity contribution is 7.91. The molecule has 5 rings (SSSR count). The third-order valence-electron chi connectivity index (χ3n) is 6.08. The molecule has 3 heterocycles. The van der Waals surface area contributed by atoms with Crippen LogP contribution in [0, 0.1) is 0 Å². The van der Waals surface area contributed by atoms with Gasteiger partial charge in [-0.25, -0.2) is 8.42 Å². The van der Waals surface area contributed by atoms with Gasteiger partial charge in [-0.1, -0.05) is 31.2 Å². The van der Waals surface area contributed by atoms with Crippen molar-refractivity contribution in [2.75, 3.05) is 18.1 Å². The quantitative estimate of drug-likeness (QED) is 0.588. The van der Waals surface area contributed by atoms with Gasteiger partial charge in [0.15, 0.2) is 15.3 Å². The molecule has 2 aromatic carbocycles. The van der Waals surface area contributed by atoms with Crippen LogP contribution in [0.15, 0.2) is 57.7 Å². The Bertz CT molecular complexity index is 1360. The van der Waals surface area contributed by atoms with Gasteiger partial charge in [0.1, 0.15) is 11.3 Å². The van der Waals surface area contributed by atoms with Crippen LogP contribution in [0.1, 0.15) is 47.5 Å². The maximum Gasteiger partial charge on any atom is 0.291 e.